The van der Waals surface area contributed by atoms with Gasteiger partial charge in [0.1, 0.15) is 0 Å². The van der Waals surface area contributed by atoms with Crippen LogP contribution >= 0.6 is 12.4 Å². The van der Waals surface area contributed by atoms with Gasteiger partial charge in [-0.15, -0.1) is 12.4 Å². The second-order valence-corrected chi connectivity index (χ2v) is 7.54. The van der Waals surface area contributed by atoms with E-state index < -0.39 is 9.84 Å². The molecule has 0 aliphatic carbocycles. The van der Waals surface area contributed by atoms with Gasteiger partial charge in [0.15, 0.2) is 9.84 Å². The molecule has 1 aromatic carbocycles. The van der Waals surface area contributed by atoms with Crippen molar-refractivity contribution in [1.82, 2.24) is 4.90 Å². The van der Waals surface area contributed by atoms with Gasteiger partial charge in [-0.05, 0) is 56.5 Å². The summed E-state index contributed by atoms with van der Waals surface area (Å²) in [7, 11) is -3.23. The Morgan fingerprint density at radius 1 is 1.27 bits per heavy atom. The van der Waals surface area contributed by atoms with Crippen LogP contribution in [0, 0.1) is 0 Å². The van der Waals surface area contributed by atoms with E-state index in [4.69, 9.17) is 5.73 Å². The maximum atomic E-state index is 12.6. The first kappa shape index (κ1) is 18.9. The van der Waals surface area contributed by atoms with Crippen molar-refractivity contribution >= 4 is 28.2 Å². The third kappa shape index (κ3) is 4.44. The molecule has 1 unspecified atom stereocenters. The molecule has 0 saturated carbocycles. The van der Waals surface area contributed by atoms with E-state index in [9.17, 15) is 13.2 Å². The van der Waals surface area contributed by atoms with E-state index in [-0.39, 0.29) is 29.3 Å². The minimum Gasteiger partial charge on any atom is -0.336 e. The first-order chi connectivity index (χ1) is 9.93. The second-order valence-electron chi connectivity index (χ2n) is 5.52. The van der Waals surface area contributed by atoms with Gasteiger partial charge in [0.05, 0.1) is 4.90 Å². The number of piperidine rings is 1. The van der Waals surface area contributed by atoms with Crippen LogP contribution in [0.25, 0.3) is 0 Å². The highest BCUT2D eigenvalue weighted by Crippen LogP contribution is 2.22. The van der Waals surface area contributed by atoms with E-state index in [1.54, 1.807) is 12.1 Å². The van der Waals surface area contributed by atoms with Crippen LogP contribution in [0.4, 0.5) is 0 Å². The summed E-state index contributed by atoms with van der Waals surface area (Å²) in [6, 6.07) is 6.36. The Bertz CT molecular complexity index is 600. The third-order valence-corrected chi connectivity index (χ3v) is 5.05. The predicted molar refractivity (Wildman–Crippen MR) is 89.1 cm³/mol. The smallest absolute Gasteiger partial charge is 0.254 e. The van der Waals surface area contributed by atoms with E-state index in [1.807, 2.05) is 4.90 Å². The fourth-order valence-electron chi connectivity index (χ4n) is 2.77. The van der Waals surface area contributed by atoms with Crippen LogP contribution in [0.3, 0.4) is 0 Å². The molecule has 22 heavy (non-hydrogen) atoms. The standard InChI is InChI=1S/C15H22N2O3S.ClH/c1-21(19,20)14-7-5-12(6-8-14)15(18)17-11-3-2-4-13(17)9-10-16;/h5-8,13H,2-4,9-11,16H2,1H3;1H. The fraction of sp³-hybridized carbons (Fsp3) is 0.533. The Morgan fingerprint density at radius 3 is 2.45 bits per heavy atom. The Balaban J connectivity index is 0.00000242. The summed E-state index contributed by atoms with van der Waals surface area (Å²) in [5, 5.41) is 0. The molecule has 2 N–H and O–H groups in total. The number of nitrogens with two attached hydrogens (primary N) is 1. The Labute approximate surface area is 138 Å². The van der Waals surface area contributed by atoms with Crippen LogP contribution in [0.15, 0.2) is 29.2 Å². The number of nitrogens with zero attached hydrogens (tertiary/aromatic N) is 1. The number of hydrogen-bond donors (Lipinski definition) is 1. The second kappa shape index (κ2) is 7.94. The fourth-order valence-corrected chi connectivity index (χ4v) is 3.40. The van der Waals surface area contributed by atoms with E-state index in [2.05, 4.69) is 0 Å². The van der Waals surface area contributed by atoms with Crippen LogP contribution < -0.4 is 5.73 Å². The van der Waals surface area contributed by atoms with Crippen LogP contribution in [0.1, 0.15) is 36.0 Å². The number of halogens is 1. The van der Waals surface area contributed by atoms with Crippen LogP contribution in [-0.2, 0) is 9.84 Å². The van der Waals surface area contributed by atoms with Crippen molar-refractivity contribution in [3.8, 4) is 0 Å². The number of amides is 1. The molecular weight excluding hydrogens is 324 g/mol. The topological polar surface area (TPSA) is 80.5 Å². The Hall–Kier alpha value is -1.11. The van der Waals surface area contributed by atoms with Gasteiger partial charge in [-0.3, -0.25) is 4.79 Å². The largest absolute Gasteiger partial charge is 0.336 e. The number of hydrogen-bond acceptors (Lipinski definition) is 4. The van der Waals surface area contributed by atoms with Crippen molar-refractivity contribution < 1.29 is 13.2 Å². The molecule has 0 spiro atoms. The van der Waals surface area contributed by atoms with Crippen molar-refractivity contribution in [2.75, 3.05) is 19.3 Å². The highest BCUT2D eigenvalue weighted by molar-refractivity contribution is 7.90. The summed E-state index contributed by atoms with van der Waals surface area (Å²) >= 11 is 0. The average molecular weight is 347 g/mol. The van der Waals surface area contributed by atoms with Gasteiger partial charge in [-0.25, -0.2) is 8.42 Å². The molecule has 1 fully saturated rings. The molecule has 1 atom stereocenters. The minimum atomic E-state index is -3.23. The summed E-state index contributed by atoms with van der Waals surface area (Å²) in [5.41, 5.74) is 6.16. The van der Waals surface area contributed by atoms with E-state index in [0.29, 0.717) is 12.1 Å². The van der Waals surface area contributed by atoms with Crippen molar-refractivity contribution in [2.24, 2.45) is 5.73 Å². The highest BCUT2D eigenvalue weighted by Gasteiger charge is 2.26. The predicted octanol–water partition coefficient (Wildman–Crippen LogP) is 1.86. The Morgan fingerprint density at radius 2 is 1.91 bits per heavy atom. The van der Waals surface area contributed by atoms with Crippen molar-refractivity contribution in [3.63, 3.8) is 0 Å². The van der Waals surface area contributed by atoms with Crippen molar-refractivity contribution in [2.45, 2.75) is 36.6 Å². The zero-order valence-electron chi connectivity index (χ0n) is 12.7. The minimum absolute atomic E-state index is 0. The van der Waals surface area contributed by atoms with Gasteiger partial charge in [-0.2, -0.15) is 0 Å². The average Bonchev–Trinajstić information content (AvgIpc) is 2.47. The van der Waals surface area contributed by atoms with Crippen LogP contribution in [0.5, 0.6) is 0 Å². The Kier molecular flexibility index (Phi) is 6.84. The number of benzene rings is 1. The van der Waals surface area contributed by atoms with Crippen LogP contribution in [-0.4, -0.2) is 44.6 Å². The quantitative estimate of drug-likeness (QED) is 0.902. The molecule has 1 aliphatic heterocycles. The van der Waals surface area contributed by atoms with Crippen molar-refractivity contribution in [1.29, 1.82) is 0 Å². The molecule has 1 heterocycles. The molecular formula is C15H23ClN2O3S. The normalized spacial score (nSPS) is 18.6. The lowest BCUT2D eigenvalue weighted by Crippen LogP contribution is -2.44. The van der Waals surface area contributed by atoms with Gasteiger partial charge in [0.25, 0.3) is 5.91 Å². The maximum Gasteiger partial charge on any atom is 0.254 e. The number of carbonyl (C=O) groups excluding carboxylic acids is 1. The van der Waals surface area contributed by atoms with Crippen LogP contribution in [0.2, 0.25) is 0 Å². The molecule has 1 saturated heterocycles. The zero-order chi connectivity index (χ0) is 15.5. The monoisotopic (exact) mass is 346 g/mol. The first-order valence-electron chi connectivity index (χ1n) is 7.24. The molecule has 0 aromatic heterocycles. The van der Waals surface area contributed by atoms with Gasteiger partial charge in [-0.1, -0.05) is 0 Å². The summed E-state index contributed by atoms with van der Waals surface area (Å²) in [5.74, 6) is -0.0341. The molecule has 2 rings (SSSR count). The number of carbonyl (C=O) groups is 1. The lowest BCUT2D eigenvalue weighted by molar-refractivity contribution is 0.0605. The maximum absolute atomic E-state index is 12.6. The molecule has 1 aromatic rings. The van der Waals surface area contributed by atoms with Gasteiger partial charge in [0, 0.05) is 24.4 Å². The van der Waals surface area contributed by atoms with Gasteiger partial charge >= 0.3 is 0 Å². The van der Waals surface area contributed by atoms with E-state index in [1.165, 1.54) is 12.1 Å². The summed E-state index contributed by atoms with van der Waals surface area (Å²) in [6.45, 7) is 1.32. The molecule has 7 heteroatoms. The summed E-state index contributed by atoms with van der Waals surface area (Å²) in [4.78, 5) is 14.7. The summed E-state index contributed by atoms with van der Waals surface area (Å²) in [6.07, 6.45) is 5.10. The van der Waals surface area contributed by atoms with E-state index in [0.717, 1.165) is 38.5 Å². The molecule has 0 bridgehead atoms. The lowest BCUT2D eigenvalue weighted by atomic mass is 9.98. The molecule has 5 nitrogen and oxygen atoms in total. The third-order valence-electron chi connectivity index (χ3n) is 3.92. The van der Waals surface area contributed by atoms with Gasteiger partial charge < -0.3 is 10.6 Å². The van der Waals surface area contributed by atoms with E-state index >= 15 is 0 Å². The number of likely N-dealkylation sites (tertiary alicyclic amines) is 1. The molecule has 124 valence electrons. The van der Waals surface area contributed by atoms with Gasteiger partial charge in [0.2, 0.25) is 0 Å². The molecule has 1 aliphatic rings. The first-order valence-corrected chi connectivity index (χ1v) is 9.14. The molecule has 1 amide bonds. The number of rotatable bonds is 4. The summed E-state index contributed by atoms with van der Waals surface area (Å²) < 4.78 is 22.9. The van der Waals surface area contributed by atoms with Crippen molar-refractivity contribution in [3.05, 3.63) is 29.8 Å². The SMILES string of the molecule is CS(=O)(=O)c1ccc(C(=O)N2CCCCC2CCN)cc1.Cl. The highest BCUT2D eigenvalue weighted by atomic mass is 35.5. The number of sulfone groups is 1. The lowest BCUT2D eigenvalue weighted by Gasteiger charge is -2.35. The molecule has 0 radical (unpaired) electrons. The zero-order valence-corrected chi connectivity index (χ0v) is 14.3.